The van der Waals surface area contributed by atoms with Crippen molar-refractivity contribution in [2.75, 3.05) is 26.3 Å². The number of carbonyl (C=O) groups is 2. The van der Waals surface area contributed by atoms with E-state index in [1.54, 1.807) is 17.0 Å². The van der Waals surface area contributed by atoms with Crippen LogP contribution in [0.5, 0.6) is 0 Å². The molecule has 1 aliphatic rings. The topological polar surface area (TPSA) is 87.3 Å². The Morgan fingerprint density at radius 1 is 1.22 bits per heavy atom. The average molecular weight is 463 g/mol. The third-order valence-corrected chi connectivity index (χ3v) is 5.46. The number of fused-ring (bicyclic) bond motifs is 1. The average Bonchev–Trinajstić information content (AvgIpc) is 2.99. The Morgan fingerprint density at radius 3 is 2.88 bits per heavy atom. The number of aromatic amines is 1. The lowest BCUT2D eigenvalue weighted by Crippen LogP contribution is -2.50. The van der Waals surface area contributed by atoms with Gasteiger partial charge in [0, 0.05) is 43.8 Å². The van der Waals surface area contributed by atoms with Crippen LogP contribution in [0, 0.1) is 11.6 Å². The molecule has 4 rings (SSSR count). The third kappa shape index (κ3) is 5.05. The van der Waals surface area contributed by atoms with Crippen LogP contribution in [0.3, 0.4) is 0 Å². The molecule has 0 radical (unpaired) electrons. The number of carbonyl (C=O) groups excluding carboxylic acids is 2. The monoisotopic (exact) mass is 462 g/mol. The zero-order valence-electron chi connectivity index (χ0n) is 17.0. The number of pyridine rings is 1. The molecule has 0 saturated carbocycles. The van der Waals surface area contributed by atoms with Crippen molar-refractivity contribution in [3.63, 3.8) is 0 Å². The molecular formula is C22H21ClF2N4O3. The number of hydrogen-bond donors (Lipinski definition) is 2. The van der Waals surface area contributed by atoms with Gasteiger partial charge in [-0.1, -0.05) is 17.7 Å². The number of benzene rings is 1. The van der Waals surface area contributed by atoms with Gasteiger partial charge in [0.25, 0.3) is 5.91 Å². The minimum atomic E-state index is -1.05. The van der Waals surface area contributed by atoms with E-state index in [1.165, 1.54) is 12.3 Å². The summed E-state index contributed by atoms with van der Waals surface area (Å²) in [6.07, 6.45) is 1.98. The van der Waals surface area contributed by atoms with Crippen LogP contribution in [0.4, 0.5) is 8.78 Å². The molecular weight excluding hydrogens is 442 g/mol. The van der Waals surface area contributed by atoms with Crippen LogP contribution in [-0.4, -0.2) is 59.0 Å². The fourth-order valence-electron chi connectivity index (χ4n) is 3.64. The van der Waals surface area contributed by atoms with E-state index in [-0.39, 0.29) is 23.6 Å². The van der Waals surface area contributed by atoms with Crippen LogP contribution < -0.4 is 5.32 Å². The normalized spacial score (nSPS) is 15.4. The maximum Gasteiger partial charge on any atom is 0.268 e. The maximum absolute atomic E-state index is 14.3. The minimum Gasteiger partial charge on any atom is -0.380 e. The molecule has 1 atom stereocenters. The summed E-state index contributed by atoms with van der Waals surface area (Å²) in [7, 11) is 0. The lowest BCUT2D eigenvalue weighted by atomic mass is 10.0. The van der Waals surface area contributed by atoms with Gasteiger partial charge in [-0.2, -0.15) is 0 Å². The first-order chi connectivity index (χ1) is 15.4. The molecule has 1 aromatic carbocycles. The molecule has 1 fully saturated rings. The van der Waals surface area contributed by atoms with Crippen LogP contribution >= 0.6 is 11.6 Å². The summed E-state index contributed by atoms with van der Waals surface area (Å²) in [5, 5.41) is 3.75. The van der Waals surface area contributed by atoms with Gasteiger partial charge < -0.3 is 19.9 Å². The van der Waals surface area contributed by atoms with Crippen LogP contribution in [0.15, 0.2) is 36.5 Å². The quantitative estimate of drug-likeness (QED) is 0.610. The predicted molar refractivity (Wildman–Crippen MR) is 114 cm³/mol. The highest BCUT2D eigenvalue weighted by Crippen LogP contribution is 2.19. The number of ether oxygens (including phenoxy) is 1. The number of hydrogen-bond acceptors (Lipinski definition) is 4. The van der Waals surface area contributed by atoms with E-state index in [0.29, 0.717) is 48.8 Å². The van der Waals surface area contributed by atoms with Gasteiger partial charge in [0.05, 0.1) is 11.6 Å². The first-order valence-electron chi connectivity index (χ1n) is 10.2. The van der Waals surface area contributed by atoms with Crippen LogP contribution in [0.2, 0.25) is 5.02 Å². The summed E-state index contributed by atoms with van der Waals surface area (Å²) >= 11 is 5.95. The van der Waals surface area contributed by atoms with Gasteiger partial charge in [0.1, 0.15) is 29.0 Å². The molecule has 1 aliphatic heterocycles. The molecule has 168 valence electrons. The second-order valence-corrected chi connectivity index (χ2v) is 7.97. The smallest absolute Gasteiger partial charge is 0.268 e. The molecule has 0 bridgehead atoms. The summed E-state index contributed by atoms with van der Waals surface area (Å²) in [6, 6.07) is 5.33. The maximum atomic E-state index is 14.3. The first kappa shape index (κ1) is 22.2. The molecule has 0 aliphatic carbocycles. The van der Waals surface area contributed by atoms with Gasteiger partial charge in [-0.15, -0.1) is 0 Å². The number of rotatable bonds is 5. The summed E-state index contributed by atoms with van der Waals surface area (Å²) in [6.45, 7) is 1.75. The first-order valence-corrected chi connectivity index (χ1v) is 10.5. The molecule has 32 heavy (non-hydrogen) atoms. The highest BCUT2D eigenvalue weighted by Gasteiger charge is 2.28. The van der Waals surface area contributed by atoms with Gasteiger partial charge in [-0.05, 0) is 30.2 Å². The Bertz CT molecular complexity index is 1150. The molecule has 10 heteroatoms. The third-order valence-electron chi connectivity index (χ3n) is 5.26. The van der Waals surface area contributed by atoms with Crippen molar-refractivity contribution in [3.8, 4) is 0 Å². The van der Waals surface area contributed by atoms with E-state index in [4.69, 9.17) is 16.3 Å². The van der Waals surface area contributed by atoms with Crippen molar-refractivity contribution in [1.82, 2.24) is 20.2 Å². The number of nitrogens with one attached hydrogen (secondary N) is 2. The minimum absolute atomic E-state index is 0.126. The van der Waals surface area contributed by atoms with E-state index in [0.717, 1.165) is 12.1 Å². The van der Waals surface area contributed by atoms with Crippen molar-refractivity contribution in [3.05, 3.63) is 64.4 Å². The molecule has 0 unspecified atom stereocenters. The second kappa shape index (κ2) is 9.62. The number of H-pyrrole nitrogens is 1. The Balaban J connectivity index is 1.59. The molecule has 0 spiro atoms. The van der Waals surface area contributed by atoms with E-state index in [9.17, 15) is 18.4 Å². The standard InChI is InChI=1S/C22H21ClF2N4O3/c23-15-8-14-10-18(27-20(14)26-12-15)21(30)28-19(9-13-2-3-16(24)11-17(13)25)22(31)29-4-1-6-32-7-5-29/h2-3,8,10-12,19H,1,4-7,9H2,(H,26,27)(H,28,30)/t19-/m0/s1. The Morgan fingerprint density at radius 2 is 2.06 bits per heavy atom. The van der Waals surface area contributed by atoms with E-state index in [2.05, 4.69) is 15.3 Å². The van der Waals surface area contributed by atoms with Gasteiger partial charge in [0.2, 0.25) is 5.91 Å². The molecule has 7 nitrogen and oxygen atoms in total. The van der Waals surface area contributed by atoms with Crippen LogP contribution in [-0.2, 0) is 16.0 Å². The van der Waals surface area contributed by atoms with E-state index >= 15 is 0 Å². The largest absolute Gasteiger partial charge is 0.380 e. The molecule has 2 amide bonds. The molecule has 1 saturated heterocycles. The van der Waals surface area contributed by atoms with Crippen molar-refractivity contribution in [2.45, 2.75) is 18.9 Å². The highest BCUT2D eigenvalue weighted by molar-refractivity contribution is 6.31. The number of aromatic nitrogens is 2. The van der Waals surface area contributed by atoms with Crippen molar-refractivity contribution >= 4 is 34.4 Å². The van der Waals surface area contributed by atoms with Crippen molar-refractivity contribution in [2.24, 2.45) is 0 Å². The molecule has 2 N–H and O–H groups in total. The zero-order chi connectivity index (χ0) is 22.7. The molecule has 2 aromatic heterocycles. The second-order valence-electron chi connectivity index (χ2n) is 7.53. The van der Waals surface area contributed by atoms with Crippen LogP contribution in [0.25, 0.3) is 11.0 Å². The number of amides is 2. The summed E-state index contributed by atoms with van der Waals surface area (Å²) < 4.78 is 33.0. The summed E-state index contributed by atoms with van der Waals surface area (Å²) in [4.78, 5) is 34.8. The summed E-state index contributed by atoms with van der Waals surface area (Å²) in [5.74, 6) is -2.40. The summed E-state index contributed by atoms with van der Waals surface area (Å²) in [5.41, 5.74) is 0.782. The van der Waals surface area contributed by atoms with Crippen molar-refractivity contribution in [1.29, 1.82) is 0 Å². The fourth-order valence-corrected chi connectivity index (χ4v) is 3.81. The van der Waals surface area contributed by atoms with Gasteiger partial charge in [-0.3, -0.25) is 9.59 Å². The molecule has 3 aromatic rings. The lowest BCUT2D eigenvalue weighted by molar-refractivity contribution is -0.133. The Labute approximate surface area is 187 Å². The van der Waals surface area contributed by atoms with E-state index < -0.39 is 23.6 Å². The van der Waals surface area contributed by atoms with Gasteiger partial charge in [0.15, 0.2) is 0 Å². The number of halogens is 3. The lowest BCUT2D eigenvalue weighted by Gasteiger charge is -2.26. The van der Waals surface area contributed by atoms with Crippen molar-refractivity contribution < 1.29 is 23.1 Å². The van der Waals surface area contributed by atoms with E-state index in [1.807, 2.05) is 0 Å². The van der Waals surface area contributed by atoms with Gasteiger partial charge in [-0.25, -0.2) is 13.8 Å². The Hall–Kier alpha value is -3.04. The Kier molecular flexibility index (Phi) is 6.66. The molecule has 3 heterocycles. The SMILES string of the molecule is O=C(N[C@@H](Cc1ccc(F)cc1F)C(=O)N1CCCOCC1)c1cc2cc(Cl)cnc2[nH]1. The zero-order valence-corrected chi connectivity index (χ0v) is 17.8. The van der Waals surface area contributed by atoms with Crippen LogP contribution in [0.1, 0.15) is 22.5 Å². The highest BCUT2D eigenvalue weighted by atomic mass is 35.5. The predicted octanol–water partition coefficient (Wildman–Crippen LogP) is 3.08. The number of nitrogens with zero attached hydrogens (tertiary/aromatic N) is 2. The fraction of sp³-hybridized carbons (Fsp3) is 0.318. The van der Waals surface area contributed by atoms with Gasteiger partial charge >= 0.3 is 0 Å².